The molecule has 144 valence electrons. The van der Waals surface area contributed by atoms with E-state index in [0.717, 1.165) is 34.2 Å². The second-order valence-corrected chi connectivity index (χ2v) is 7.47. The molecule has 1 aliphatic rings. The van der Waals surface area contributed by atoms with Gasteiger partial charge in [0, 0.05) is 54.6 Å². The summed E-state index contributed by atoms with van der Waals surface area (Å²) in [5.41, 5.74) is 2.13. The zero-order chi connectivity index (χ0) is 19.7. The number of halogens is 2. The fourth-order valence-electron chi connectivity index (χ4n) is 3.14. The molecule has 0 aliphatic carbocycles. The van der Waals surface area contributed by atoms with Crippen molar-refractivity contribution in [2.75, 3.05) is 31.1 Å². The van der Waals surface area contributed by atoms with E-state index in [9.17, 15) is 13.6 Å². The summed E-state index contributed by atoms with van der Waals surface area (Å²) in [5.74, 6) is -1.41. The van der Waals surface area contributed by atoms with E-state index in [1.807, 2.05) is 30.6 Å². The van der Waals surface area contributed by atoms with Gasteiger partial charge in [-0.3, -0.25) is 4.79 Å². The number of carbonyl (C=O) groups is 1. The van der Waals surface area contributed by atoms with Gasteiger partial charge in [-0.15, -0.1) is 11.3 Å². The molecule has 8 heteroatoms. The smallest absolute Gasteiger partial charge is 0.254 e. The third-order valence-electron chi connectivity index (χ3n) is 4.67. The number of hydrogen-bond acceptors (Lipinski definition) is 5. The molecule has 1 amide bonds. The van der Waals surface area contributed by atoms with Crippen LogP contribution in [0.5, 0.6) is 0 Å². The molecule has 1 aromatic carbocycles. The number of rotatable bonds is 3. The van der Waals surface area contributed by atoms with Gasteiger partial charge in [-0.2, -0.15) is 0 Å². The lowest BCUT2D eigenvalue weighted by atomic mass is 10.1. The molecule has 28 heavy (non-hydrogen) atoms. The number of carbonyl (C=O) groups excluding carboxylic acids is 1. The number of pyridine rings is 1. The van der Waals surface area contributed by atoms with Crippen LogP contribution >= 0.6 is 11.3 Å². The number of amides is 1. The molecule has 3 aromatic rings. The van der Waals surface area contributed by atoms with Crippen molar-refractivity contribution in [3.05, 3.63) is 64.8 Å². The maximum atomic E-state index is 13.4. The molecule has 3 heterocycles. The molecular formula is C20H18F2N4OS. The first-order valence-electron chi connectivity index (χ1n) is 8.89. The summed E-state index contributed by atoms with van der Waals surface area (Å²) in [4.78, 5) is 25.3. The minimum absolute atomic E-state index is 0.161. The summed E-state index contributed by atoms with van der Waals surface area (Å²) in [6.45, 7) is 4.19. The Morgan fingerprint density at radius 2 is 1.86 bits per heavy atom. The molecule has 1 aliphatic heterocycles. The Hall–Kier alpha value is -2.87. The Morgan fingerprint density at radius 3 is 2.46 bits per heavy atom. The van der Waals surface area contributed by atoms with Gasteiger partial charge in [0.05, 0.1) is 0 Å². The zero-order valence-electron chi connectivity index (χ0n) is 15.2. The molecular weight excluding hydrogens is 382 g/mol. The van der Waals surface area contributed by atoms with Crippen molar-refractivity contribution < 1.29 is 13.6 Å². The average Bonchev–Trinajstić information content (AvgIpc) is 3.16. The number of aryl methyl sites for hydroxylation is 1. The van der Waals surface area contributed by atoms with E-state index in [-0.39, 0.29) is 11.5 Å². The molecule has 0 unspecified atom stereocenters. The first kappa shape index (κ1) is 18.5. The number of benzene rings is 1. The molecule has 4 rings (SSSR count). The van der Waals surface area contributed by atoms with Crippen molar-refractivity contribution in [3.8, 4) is 10.6 Å². The lowest BCUT2D eigenvalue weighted by Crippen LogP contribution is -2.49. The van der Waals surface area contributed by atoms with Crippen LogP contribution in [-0.2, 0) is 0 Å². The van der Waals surface area contributed by atoms with Crippen molar-refractivity contribution in [2.24, 2.45) is 0 Å². The van der Waals surface area contributed by atoms with Crippen LogP contribution in [0.2, 0.25) is 0 Å². The third kappa shape index (κ3) is 3.73. The molecule has 0 spiro atoms. The second kappa shape index (κ2) is 7.63. The summed E-state index contributed by atoms with van der Waals surface area (Å²) in [7, 11) is 0. The van der Waals surface area contributed by atoms with Crippen LogP contribution in [0.15, 0.2) is 41.9 Å². The Labute approximate surface area is 165 Å². The number of piperazine rings is 1. The fraction of sp³-hybridized carbons (Fsp3) is 0.250. The van der Waals surface area contributed by atoms with Gasteiger partial charge in [0.15, 0.2) is 11.6 Å². The normalized spacial score (nSPS) is 14.4. The number of nitrogens with zero attached hydrogens (tertiary/aromatic N) is 4. The van der Waals surface area contributed by atoms with Gasteiger partial charge in [0.1, 0.15) is 10.8 Å². The van der Waals surface area contributed by atoms with Crippen LogP contribution in [-0.4, -0.2) is 47.0 Å². The van der Waals surface area contributed by atoms with Gasteiger partial charge in [-0.25, -0.2) is 18.7 Å². The topological polar surface area (TPSA) is 49.3 Å². The van der Waals surface area contributed by atoms with E-state index in [1.165, 1.54) is 6.07 Å². The van der Waals surface area contributed by atoms with Crippen molar-refractivity contribution in [3.63, 3.8) is 0 Å². The highest BCUT2D eigenvalue weighted by atomic mass is 32.1. The molecule has 1 saturated heterocycles. The van der Waals surface area contributed by atoms with Gasteiger partial charge >= 0.3 is 0 Å². The summed E-state index contributed by atoms with van der Waals surface area (Å²) < 4.78 is 26.4. The largest absolute Gasteiger partial charge is 0.353 e. The molecule has 0 radical (unpaired) electrons. The number of thiazole rings is 1. The molecule has 5 nitrogen and oxygen atoms in total. The molecule has 0 saturated carbocycles. The van der Waals surface area contributed by atoms with E-state index >= 15 is 0 Å². The van der Waals surface area contributed by atoms with E-state index in [2.05, 4.69) is 14.9 Å². The summed E-state index contributed by atoms with van der Waals surface area (Å²) in [5, 5.41) is 2.95. The van der Waals surface area contributed by atoms with Crippen molar-refractivity contribution >= 4 is 23.1 Å². The number of hydrogen-bond donors (Lipinski definition) is 0. The van der Waals surface area contributed by atoms with Gasteiger partial charge in [0.25, 0.3) is 5.91 Å². The average molecular weight is 400 g/mol. The van der Waals surface area contributed by atoms with Crippen LogP contribution in [0, 0.1) is 18.6 Å². The van der Waals surface area contributed by atoms with Crippen molar-refractivity contribution in [1.29, 1.82) is 0 Å². The molecule has 1 fully saturated rings. The maximum absolute atomic E-state index is 13.4. The van der Waals surface area contributed by atoms with Gasteiger partial charge in [-0.1, -0.05) is 0 Å². The van der Waals surface area contributed by atoms with Crippen LogP contribution in [0.25, 0.3) is 10.6 Å². The summed E-state index contributed by atoms with van der Waals surface area (Å²) >= 11 is 1.59. The fourth-order valence-corrected chi connectivity index (χ4v) is 3.92. The Morgan fingerprint density at radius 1 is 1.07 bits per heavy atom. The number of aromatic nitrogens is 2. The zero-order valence-corrected chi connectivity index (χ0v) is 16.0. The second-order valence-electron chi connectivity index (χ2n) is 6.61. The molecule has 2 aromatic heterocycles. The van der Waals surface area contributed by atoms with E-state index in [1.54, 1.807) is 16.2 Å². The minimum Gasteiger partial charge on any atom is -0.353 e. The highest BCUT2D eigenvalue weighted by Gasteiger charge is 2.23. The Balaban J connectivity index is 1.39. The van der Waals surface area contributed by atoms with E-state index in [4.69, 9.17) is 0 Å². The third-order valence-corrected chi connectivity index (χ3v) is 5.68. The predicted octanol–water partition coefficient (Wildman–Crippen LogP) is 3.75. The molecule has 0 atom stereocenters. The first-order valence-corrected chi connectivity index (χ1v) is 9.77. The van der Waals surface area contributed by atoms with E-state index in [0.29, 0.717) is 26.2 Å². The van der Waals surface area contributed by atoms with Crippen LogP contribution in [0.4, 0.5) is 14.6 Å². The lowest BCUT2D eigenvalue weighted by molar-refractivity contribution is 0.0746. The number of anilines is 1. The monoisotopic (exact) mass is 400 g/mol. The van der Waals surface area contributed by atoms with Gasteiger partial charge < -0.3 is 9.80 Å². The maximum Gasteiger partial charge on any atom is 0.254 e. The SMILES string of the molecule is Cc1csc(-c2ccc(N3CCN(C(=O)c4ccc(F)c(F)c4)CC3)nc2)n1. The molecule has 0 N–H and O–H groups in total. The quantitative estimate of drug-likeness (QED) is 0.672. The van der Waals surface area contributed by atoms with E-state index < -0.39 is 11.6 Å². The van der Waals surface area contributed by atoms with Crippen LogP contribution < -0.4 is 4.90 Å². The summed E-state index contributed by atoms with van der Waals surface area (Å²) in [6.07, 6.45) is 1.81. The minimum atomic E-state index is -1.01. The van der Waals surface area contributed by atoms with Gasteiger partial charge in [-0.05, 0) is 37.3 Å². The lowest BCUT2D eigenvalue weighted by Gasteiger charge is -2.35. The Kier molecular flexibility index (Phi) is 5.04. The van der Waals surface area contributed by atoms with Crippen molar-refractivity contribution in [2.45, 2.75) is 6.92 Å². The van der Waals surface area contributed by atoms with Crippen LogP contribution in [0.1, 0.15) is 16.1 Å². The van der Waals surface area contributed by atoms with Crippen molar-refractivity contribution in [1.82, 2.24) is 14.9 Å². The first-order chi connectivity index (χ1) is 13.5. The predicted molar refractivity (Wildman–Crippen MR) is 105 cm³/mol. The van der Waals surface area contributed by atoms with Gasteiger partial charge in [0.2, 0.25) is 0 Å². The van der Waals surface area contributed by atoms with Crippen LogP contribution in [0.3, 0.4) is 0 Å². The highest BCUT2D eigenvalue weighted by molar-refractivity contribution is 7.13. The standard InChI is InChI=1S/C20H18F2N4OS/c1-13-12-28-19(24-13)15-3-5-18(23-11-15)25-6-8-26(9-7-25)20(27)14-2-4-16(21)17(22)10-14/h2-5,10-12H,6-9H2,1H3. The highest BCUT2D eigenvalue weighted by Crippen LogP contribution is 2.25. The molecule has 0 bridgehead atoms. The summed E-state index contributed by atoms with van der Waals surface area (Å²) in [6, 6.07) is 7.20. The Bertz CT molecular complexity index is 998.